The van der Waals surface area contributed by atoms with Gasteiger partial charge in [-0.15, -0.1) is 0 Å². The monoisotopic (exact) mass is 280 g/mol. The molecule has 1 aliphatic rings. The second kappa shape index (κ2) is 6.74. The van der Waals surface area contributed by atoms with Gasteiger partial charge in [0.05, 0.1) is 6.20 Å². The number of carbonyl (C=O) groups is 1. The Morgan fingerprint density at radius 1 is 1.50 bits per heavy atom. The van der Waals surface area contributed by atoms with Crippen molar-refractivity contribution >= 4 is 6.03 Å². The Bertz CT molecular complexity index is 458. The summed E-state index contributed by atoms with van der Waals surface area (Å²) >= 11 is 0. The molecule has 2 unspecified atom stereocenters. The van der Waals surface area contributed by atoms with Gasteiger partial charge in [-0.3, -0.25) is 4.68 Å². The molecule has 2 atom stereocenters. The Hall–Kier alpha value is -1.56. The van der Waals surface area contributed by atoms with E-state index in [0.717, 1.165) is 36.9 Å². The quantitative estimate of drug-likeness (QED) is 0.772. The zero-order chi connectivity index (χ0) is 14.5. The number of carbonyl (C=O) groups excluding carboxylic acids is 1. The average Bonchev–Trinajstić information content (AvgIpc) is 2.77. The smallest absolute Gasteiger partial charge is 0.315 e. The Labute approximate surface area is 119 Å². The van der Waals surface area contributed by atoms with Crippen LogP contribution in [0.25, 0.3) is 0 Å². The first-order valence-electron chi connectivity index (χ1n) is 7.24. The molecule has 0 saturated heterocycles. The minimum atomic E-state index is -0.168. The van der Waals surface area contributed by atoms with E-state index in [1.165, 1.54) is 0 Å². The van der Waals surface area contributed by atoms with Crippen LogP contribution in [0, 0.1) is 12.8 Å². The predicted octanol–water partition coefficient (Wildman–Crippen LogP) is 1.08. The highest BCUT2D eigenvalue weighted by Gasteiger charge is 2.25. The largest absolute Gasteiger partial charge is 0.396 e. The molecule has 3 N–H and O–H groups in total. The molecular weight excluding hydrogens is 256 g/mol. The fourth-order valence-corrected chi connectivity index (χ4v) is 2.73. The Morgan fingerprint density at radius 2 is 2.25 bits per heavy atom. The van der Waals surface area contributed by atoms with Gasteiger partial charge in [-0.1, -0.05) is 12.8 Å². The lowest BCUT2D eigenvalue weighted by Crippen LogP contribution is -2.47. The lowest BCUT2D eigenvalue weighted by Gasteiger charge is -2.30. The van der Waals surface area contributed by atoms with Gasteiger partial charge in [0.2, 0.25) is 0 Å². The van der Waals surface area contributed by atoms with Crippen molar-refractivity contribution in [2.24, 2.45) is 13.0 Å². The van der Waals surface area contributed by atoms with E-state index in [1.54, 1.807) is 10.9 Å². The normalized spacial score (nSPS) is 22.6. The van der Waals surface area contributed by atoms with E-state index in [0.29, 0.717) is 6.54 Å². The first-order chi connectivity index (χ1) is 9.61. The van der Waals surface area contributed by atoms with Crippen molar-refractivity contribution in [3.05, 3.63) is 17.5 Å². The highest BCUT2D eigenvalue weighted by atomic mass is 16.3. The summed E-state index contributed by atoms with van der Waals surface area (Å²) in [7, 11) is 1.88. The van der Waals surface area contributed by atoms with Crippen molar-refractivity contribution in [3.8, 4) is 0 Å². The van der Waals surface area contributed by atoms with Crippen LogP contribution < -0.4 is 10.6 Å². The van der Waals surface area contributed by atoms with Crippen LogP contribution >= 0.6 is 0 Å². The van der Waals surface area contributed by atoms with Crippen LogP contribution in [0.5, 0.6) is 0 Å². The summed E-state index contributed by atoms with van der Waals surface area (Å²) in [6, 6.07) is -0.0812. The summed E-state index contributed by atoms with van der Waals surface area (Å²) in [5.74, 6) is 0.189. The van der Waals surface area contributed by atoms with E-state index < -0.39 is 0 Å². The van der Waals surface area contributed by atoms with E-state index in [2.05, 4.69) is 15.7 Å². The van der Waals surface area contributed by atoms with Crippen molar-refractivity contribution in [1.82, 2.24) is 20.4 Å². The lowest BCUT2D eigenvalue weighted by molar-refractivity contribution is 0.153. The molecule has 2 rings (SSSR count). The number of aryl methyl sites for hydroxylation is 1. The first-order valence-corrected chi connectivity index (χ1v) is 7.24. The van der Waals surface area contributed by atoms with E-state index in [9.17, 15) is 9.90 Å². The molecule has 0 radical (unpaired) electrons. The second-order valence-corrected chi connectivity index (χ2v) is 5.54. The van der Waals surface area contributed by atoms with E-state index in [4.69, 9.17) is 0 Å². The highest BCUT2D eigenvalue weighted by Crippen LogP contribution is 2.23. The Kier molecular flexibility index (Phi) is 5.00. The van der Waals surface area contributed by atoms with Crippen LogP contribution in [0.4, 0.5) is 4.79 Å². The van der Waals surface area contributed by atoms with Crippen molar-refractivity contribution in [3.63, 3.8) is 0 Å². The predicted molar refractivity (Wildman–Crippen MR) is 76.1 cm³/mol. The number of rotatable bonds is 4. The molecule has 6 heteroatoms. The molecule has 1 aromatic rings. The number of nitrogens with one attached hydrogen (secondary N) is 2. The van der Waals surface area contributed by atoms with Crippen LogP contribution in [-0.2, 0) is 13.6 Å². The molecule has 0 aliphatic heterocycles. The summed E-state index contributed by atoms with van der Waals surface area (Å²) in [4.78, 5) is 11.9. The summed E-state index contributed by atoms with van der Waals surface area (Å²) in [5.41, 5.74) is 2.07. The van der Waals surface area contributed by atoms with Gasteiger partial charge in [0.15, 0.2) is 0 Å². The topological polar surface area (TPSA) is 79.2 Å². The molecule has 1 aromatic heterocycles. The van der Waals surface area contributed by atoms with Gasteiger partial charge in [0.25, 0.3) is 0 Å². The molecule has 2 amide bonds. The summed E-state index contributed by atoms with van der Waals surface area (Å²) in [5, 5.41) is 19.3. The number of urea groups is 1. The average molecular weight is 280 g/mol. The molecular formula is C14H24N4O2. The molecule has 0 spiro atoms. The third-order valence-corrected chi connectivity index (χ3v) is 4.24. The molecule has 0 aromatic carbocycles. The fraction of sp³-hybridized carbons (Fsp3) is 0.714. The highest BCUT2D eigenvalue weighted by molar-refractivity contribution is 5.74. The van der Waals surface area contributed by atoms with Crippen LogP contribution in [-0.4, -0.2) is 33.6 Å². The van der Waals surface area contributed by atoms with Gasteiger partial charge in [-0.25, -0.2) is 4.79 Å². The maximum Gasteiger partial charge on any atom is 0.315 e. The van der Waals surface area contributed by atoms with Crippen molar-refractivity contribution < 1.29 is 9.90 Å². The van der Waals surface area contributed by atoms with Crippen molar-refractivity contribution in [1.29, 1.82) is 0 Å². The summed E-state index contributed by atoms with van der Waals surface area (Å²) in [6.45, 7) is 2.60. The standard InChI is InChI=1S/C14H24N4O2/c1-10-12(8-16-18(10)2)7-15-14(20)17-13-6-4-3-5-11(13)9-19/h8,11,13,19H,3-7,9H2,1-2H3,(H2,15,17,20). The van der Waals surface area contributed by atoms with Crippen LogP contribution in [0.3, 0.4) is 0 Å². The zero-order valence-electron chi connectivity index (χ0n) is 12.2. The lowest BCUT2D eigenvalue weighted by atomic mass is 9.85. The van der Waals surface area contributed by atoms with Crippen LogP contribution in [0.1, 0.15) is 36.9 Å². The third-order valence-electron chi connectivity index (χ3n) is 4.24. The zero-order valence-corrected chi connectivity index (χ0v) is 12.2. The van der Waals surface area contributed by atoms with Crippen molar-refractivity contribution in [2.75, 3.05) is 6.61 Å². The third kappa shape index (κ3) is 3.50. The summed E-state index contributed by atoms with van der Waals surface area (Å²) < 4.78 is 1.79. The van der Waals surface area contributed by atoms with E-state index in [-0.39, 0.29) is 24.6 Å². The molecule has 1 fully saturated rings. The number of amides is 2. The SMILES string of the molecule is Cc1c(CNC(=O)NC2CCCCC2CO)cnn1C. The van der Waals surface area contributed by atoms with E-state index in [1.807, 2.05) is 14.0 Å². The number of nitrogens with zero attached hydrogens (tertiary/aromatic N) is 2. The number of aliphatic hydroxyl groups is 1. The maximum absolute atomic E-state index is 11.9. The Balaban J connectivity index is 1.81. The first kappa shape index (κ1) is 14.8. The molecule has 1 saturated carbocycles. The second-order valence-electron chi connectivity index (χ2n) is 5.54. The van der Waals surface area contributed by atoms with Crippen molar-refractivity contribution in [2.45, 2.75) is 45.2 Å². The van der Waals surface area contributed by atoms with Gasteiger partial charge in [-0.2, -0.15) is 5.10 Å². The van der Waals surface area contributed by atoms with Crippen LogP contribution in [0.2, 0.25) is 0 Å². The molecule has 1 aliphatic carbocycles. The number of hydrogen-bond donors (Lipinski definition) is 3. The maximum atomic E-state index is 11.9. The number of hydrogen-bond acceptors (Lipinski definition) is 3. The number of aliphatic hydroxyl groups excluding tert-OH is 1. The fourth-order valence-electron chi connectivity index (χ4n) is 2.73. The molecule has 20 heavy (non-hydrogen) atoms. The minimum absolute atomic E-state index is 0.0868. The molecule has 112 valence electrons. The van der Waals surface area contributed by atoms with Gasteiger partial charge >= 0.3 is 6.03 Å². The number of aromatic nitrogens is 2. The molecule has 1 heterocycles. The van der Waals surface area contributed by atoms with Gasteiger partial charge in [-0.05, 0) is 19.8 Å². The minimum Gasteiger partial charge on any atom is -0.396 e. The molecule has 0 bridgehead atoms. The summed E-state index contributed by atoms with van der Waals surface area (Å²) in [6.07, 6.45) is 5.96. The Morgan fingerprint density at radius 3 is 2.90 bits per heavy atom. The van der Waals surface area contributed by atoms with Gasteiger partial charge < -0.3 is 15.7 Å². The van der Waals surface area contributed by atoms with Gasteiger partial charge in [0, 0.05) is 43.4 Å². The van der Waals surface area contributed by atoms with E-state index >= 15 is 0 Å². The molecule has 6 nitrogen and oxygen atoms in total. The van der Waals surface area contributed by atoms with Crippen LogP contribution in [0.15, 0.2) is 6.20 Å². The van der Waals surface area contributed by atoms with Gasteiger partial charge in [0.1, 0.15) is 0 Å².